The Morgan fingerprint density at radius 1 is 1.32 bits per heavy atom. The van der Waals surface area contributed by atoms with Gasteiger partial charge in [0.1, 0.15) is 10.4 Å². The van der Waals surface area contributed by atoms with Gasteiger partial charge in [-0.05, 0) is 46.3 Å². The third kappa shape index (κ3) is 3.90. The van der Waals surface area contributed by atoms with Gasteiger partial charge in [-0.15, -0.1) is 0 Å². The van der Waals surface area contributed by atoms with Crippen LogP contribution >= 0.6 is 15.9 Å². The number of nitrogens with one attached hydrogen (secondary N) is 1. The fraction of sp³-hybridized carbons (Fsp3) is 0.583. The Hall–Kier alpha value is -0.660. The predicted octanol–water partition coefficient (Wildman–Crippen LogP) is 2.48. The molecule has 2 unspecified atom stereocenters. The van der Waals surface area contributed by atoms with E-state index in [1.54, 1.807) is 18.2 Å². The van der Waals surface area contributed by atoms with Gasteiger partial charge in [-0.25, -0.2) is 4.98 Å². The van der Waals surface area contributed by atoms with Gasteiger partial charge < -0.3 is 0 Å². The van der Waals surface area contributed by atoms with E-state index in [0.717, 1.165) is 6.42 Å². The average molecular weight is 348 g/mol. The molecule has 1 aliphatic heterocycles. The van der Waals surface area contributed by atoms with E-state index in [0.29, 0.717) is 35.3 Å². The molecule has 0 radical (unpaired) electrons. The van der Waals surface area contributed by atoms with E-state index in [1.807, 2.05) is 0 Å². The van der Waals surface area contributed by atoms with Gasteiger partial charge in [-0.2, -0.15) is 12.7 Å². The normalized spacial score (nSPS) is 25.2. The minimum absolute atomic E-state index is 0.334. The Bertz CT molecular complexity index is 540. The van der Waals surface area contributed by atoms with E-state index in [-0.39, 0.29) is 0 Å². The number of hydrogen-bond donors (Lipinski definition) is 1. The Balaban J connectivity index is 2.14. The summed E-state index contributed by atoms with van der Waals surface area (Å²) in [5.74, 6) is 1.10. The maximum atomic E-state index is 12.3. The molecular weight excluding hydrogens is 330 g/mol. The minimum Gasteiger partial charge on any atom is -0.254 e. The summed E-state index contributed by atoms with van der Waals surface area (Å²) in [6, 6.07) is 5.14. The van der Waals surface area contributed by atoms with Crippen molar-refractivity contribution in [2.24, 2.45) is 11.8 Å². The van der Waals surface area contributed by atoms with E-state index in [9.17, 15) is 8.42 Å². The molecule has 1 saturated heterocycles. The lowest BCUT2D eigenvalue weighted by Crippen LogP contribution is -2.45. The number of halogens is 1. The Morgan fingerprint density at radius 2 is 1.95 bits per heavy atom. The molecule has 5 nitrogen and oxygen atoms in total. The van der Waals surface area contributed by atoms with Crippen LogP contribution in [0.4, 0.5) is 5.82 Å². The third-order valence-corrected chi connectivity index (χ3v) is 5.01. The topological polar surface area (TPSA) is 62.3 Å². The van der Waals surface area contributed by atoms with Gasteiger partial charge in [-0.1, -0.05) is 19.9 Å². The van der Waals surface area contributed by atoms with Crippen molar-refractivity contribution < 1.29 is 8.42 Å². The molecular formula is C12H18BrN3O2S. The molecule has 0 spiro atoms. The lowest BCUT2D eigenvalue weighted by molar-refractivity contribution is 0.223. The molecule has 2 heterocycles. The smallest absolute Gasteiger partial charge is 0.254 e. The van der Waals surface area contributed by atoms with E-state index in [2.05, 4.69) is 39.5 Å². The zero-order chi connectivity index (χ0) is 14.0. The van der Waals surface area contributed by atoms with Crippen LogP contribution in [0.25, 0.3) is 0 Å². The summed E-state index contributed by atoms with van der Waals surface area (Å²) in [4.78, 5) is 4.09. The van der Waals surface area contributed by atoms with Crippen molar-refractivity contribution in [2.75, 3.05) is 17.8 Å². The van der Waals surface area contributed by atoms with E-state index in [1.165, 1.54) is 4.31 Å². The lowest BCUT2D eigenvalue weighted by atomic mass is 9.94. The van der Waals surface area contributed by atoms with E-state index < -0.39 is 10.2 Å². The van der Waals surface area contributed by atoms with Gasteiger partial charge in [0.15, 0.2) is 0 Å². The van der Waals surface area contributed by atoms with Crippen LogP contribution in [0.2, 0.25) is 0 Å². The number of rotatable bonds is 3. The monoisotopic (exact) mass is 347 g/mol. The van der Waals surface area contributed by atoms with Crippen molar-refractivity contribution in [3.8, 4) is 0 Å². The lowest BCUT2D eigenvalue weighted by Gasteiger charge is -2.33. The van der Waals surface area contributed by atoms with Crippen LogP contribution in [0.1, 0.15) is 20.3 Å². The van der Waals surface area contributed by atoms with Gasteiger partial charge >= 0.3 is 10.2 Å². The Morgan fingerprint density at radius 3 is 2.53 bits per heavy atom. The predicted molar refractivity (Wildman–Crippen MR) is 79.0 cm³/mol. The molecule has 2 rings (SSSR count). The second-order valence-electron chi connectivity index (χ2n) is 5.22. The van der Waals surface area contributed by atoms with Crippen molar-refractivity contribution in [1.29, 1.82) is 0 Å². The number of hydrogen-bond acceptors (Lipinski definition) is 3. The first-order valence-corrected chi connectivity index (χ1v) is 8.50. The van der Waals surface area contributed by atoms with Crippen molar-refractivity contribution in [2.45, 2.75) is 20.3 Å². The summed E-state index contributed by atoms with van der Waals surface area (Å²) in [5, 5.41) is 0. The first kappa shape index (κ1) is 14.7. The Kier molecular flexibility index (Phi) is 4.47. The zero-order valence-corrected chi connectivity index (χ0v) is 13.4. The second-order valence-corrected chi connectivity index (χ2v) is 7.70. The molecule has 0 amide bonds. The summed E-state index contributed by atoms with van der Waals surface area (Å²) < 4.78 is 29.3. The van der Waals surface area contributed by atoms with Crippen LogP contribution in [0.3, 0.4) is 0 Å². The SMILES string of the molecule is CC1CC(C)CN(S(=O)(=O)Nc2cccc(Br)n2)C1. The number of piperidine rings is 1. The highest BCUT2D eigenvalue weighted by molar-refractivity contribution is 9.10. The molecule has 0 aliphatic carbocycles. The number of anilines is 1. The molecule has 1 fully saturated rings. The third-order valence-electron chi connectivity index (χ3n) is 3.12. The molecule has 0 saturated carbocycles. The number of nitrogens with zero attached hydrogens (tertiary/aromatic N) is 2. The molecule has 1 N–H and O–H groups in total. The van der Waals surface area contributed by atoms with Gasteiger partial charge in [0.05, 0.1) is 0 Å². The fourth-order valence-corrected chi connectivity index (χ4v) is 4.22. The molecule has 106 valence electrons. The van der Waals surface area contributed by atoms with Crippen LogP contribution in [0, 0.1) is 11.8 Å². The highest BCUT2D eigenvalue weighted by Gasteiger charge is 2.30. The Labute approximate surface area is 122 Å². The zero-order valence-electron chi connectivity index (χ0n) is 11.0. The summed E-state index contributed by atoms with van der Waals surface area (Å²) in [6.45, 7) is 5.28. The van der Waals surface area contributed by atoms with Crippen LogP contribution < -0.4 is 4.72 Å². The highest BCUT2D eigenvalue weighted by atomic mass is 79.9. The van der Waals surface area contributed by atoms with Gasteiger partial charge in [0, 0.05) is 13.1 Å². The molecule has 7 heteroatoms. The van der Waals surface area contributed by atoms with Gasteiger partial charge in [0.25, 0.3) is 0 Å². The van der Waals surface area contributed by atoms with E-state index in [4.69, 9.17) is 0 Å². The second kappa shape index (κ2) is 5.76. The van der Waals surface area contributed by atoms with Crippen molar-refractivity contribution in [1.82, 2.24) is 9.29 Å². The molecule has 1 aromatic rings. The highest BCUT2D eigenvalue weighted by Crippen LogP contribution is 2.24. The molecule has 2 atom stereocenters. The summed E-state index contributed by atoms with van der Waals surface area (Å²) in [5.41, 5.74) is 0. The summed E-state index contributed by atoms with van der Waals surface area (Å²) >= 11 is 3.23. The van der Waals surface area contributed by atoms with Crippen LogP contribution in [-0.4, -0.2) is 30.8 Å². The first-order valence-electron chi connectivity index (χ1n) is 6.27. The maximum Gasteiger partial charge on any atom is 0.302 e. The van der Waals surface area contributed by atoms with Crippen LogP contribution in [0.15, 0.2) is 22.8 Å². The average Bonchev–Trinajstić information content (AvgIpc) is 2.26. The van der Waals surface area contributed by atoms with Crippen LogP contribution in [0.5, 0.6) is 0 Å². The van der Waals surface area contributed by atoms with Crippen LogP contribution in [-0.2, 0) is 10.2 Å². The molecule has 1 aliphatic rings. The standard InChI is InChI=1S/C12H18BrN3O2S/c1-9-6-10(2)8-16(7-9)19(17,18)15-12-5-3-4-11(13)14-12/h3-5,9-10H,6-8H2,1-2H3,(H,14,15). The van der Waals surface area contributed by atoms with Gasteiger partial charge in [0.2, 0.25) is 0 Å². The molecule has 0 bridgehead atoms. The fourth-order valence-electron chi connectivity index (χ4n) is 2.46. The minimum atomic E-state index is -3.52. The molecule has 1 aromatic heterocycles. The van der Waals surface area contributed by atoms with Gasteiger partial charge in [-0.3, -0.25) is 4.72 Å². The first-order chi connectivity index (χ1) is 8.87. The van der Waals surface area contributed by atoms with Crippen molar-refractivity contribution >= 4 is 32.0 Å². The van der Waals surface area contributed by atoms with Crippen molar-refractivity contribution in [3.63, 3.8) is 0 Å². The molecule has 19 heavy (non-hydrogen) atoms. The largest absolute Gasteiger partial charge is 0.302 e. The van der Waals surface area contributed by atoms with E-state index >= 15 is 0 Å². The quantitative estimate of drug-likeness (QED) is 0.854. The van der Waals surface area contributed by atoms with Crippen molar-refractivity contribution in [3.05, 3.63) is 22.8 Å². The molecule has 0 aromatic carbocycles. The summed E-state index contributed by atoms with van der Waals surface area (Å²) in [7, 11) is -3.52. The number of pyridine rings is 1. The summed E-state index contributed by atoms with van der Waals surface area (Å²) in [6.07, 6.45) is 1.07. The number of aromatic nitrogens is 1. The maximum absolute atomic E-state index is 12.3.